The third-order valence-electron chi connectivity index (χ3n) is 3.22. The van der Waals surface area contributed by atoms with Crippen LogP contribution in [0.25, 0.3) is 10.7 Å². The van der Waals surface area contributed by atoms with E-state index in [1.807, 2.05) is 13.8 Å². The molecule has 6 nitrogen and oxygen atoms in total. The van der Waals surface area contributed by atoms with Crippen molar-refractivity contribution in [3.8, 4) is 10.7 Å². The smallest absolute Gasteiger partial charge is 0.245 e. The highest BCUT2D eigenvalue weighted by Crippen LogP contribution is 2.27. The van der Waals surface area contributed by atoms with Gasteiger partial charge >= 0.3 is 0 Å². The summed E-state index contributed by atoms with van der Waals surface area (Å²) in [5.74, 6) is 1.62. The lowest BCUT2D eigenvalue weighted by atomic mass is 10.4. The van der Waals surface area contributed by atoms with E-state index in [9.17, 15) is 0 Å². The highest BCUT2D eigenvalue weighted by molar-refractivity contribution is 7.15. The molecule has 0 bridgehead atoms. The van der Waals surface area contributed by atoms with Crippen molar-refractivity contribution in [1.82, 2.24) is 25.5 Å². The van der Waals surface area contributed by atoms with E-state index in [0.717, 1.165) is 60.0 Å². The van der Waals surface area contributed by atoms with Crippen molar-refractivity contribution in [2.45, 2.75) is 20.3 Å². The molecule has 1 aliphatic heterocycles. The van der Waals surface area contributed by atoms with Gasteiger partial charge in [0.2, 0.25) is 5.95 Å². The SMILES string of the molecule is Cc1nc(C)c(-c2nc(N3CCCNCC3)n[nH]2)s1. The topological polar surface area (TPSA) is 69.7 Å². The molecule has 0 amide bonds. The molecular weight excluding hydrogens is 260 g/mol. The molecule has 0 aliphatic carbocycles. The number of H-pyrrole nitrogens is 1. The van der Waals surface area contributed by atoms with Gasteiger partial charge in [-0.15, -0.1) is 16.4 Å². The maximum Gasteiger partial charge on any atom is 0.245 e. The molecule has 102 valence electrons. The summed E-state index contributed by atoms with van der Waals surface area (Å²) >= 11 is 1.66. The lowest BCUT2D eigenvalue weighted by Gasteiger charge is -2.16. The summed E-state index contributed by atoms with van der Waals surface area (Å²) in [6, 6.07) is 0. The Balaban J connectivity index is 1.84. The van der Waals surface area contributed by atoms with E-state index in [2.05, 4.69) is 30.4 Å². The number of nitrogens with one attached hydrogen (secondary N) is 2. The Morgan fingerprint density at radius 3 is 2.84 bits per heavy atom. The van der Waals surface area contributed by atoms with Crippen molar-refractivity contribution in [3.05, 3.63) is 10.7 Å². The first-order valence-electron chi connectivity index (χ1n) is 6.56. The Hall–Kier alpha value is -1.47. The van der Waals surface area contributed by atoms with Gasteiger partial charge in [0, 0.05) is 19.6 Å². The molecule has 0 radical (unpaired) electrons. The minimum atomic E-state index is 0.796. The zero-order chi connectivity index (χ0) is 13.2. The summed E-state index contributed by atoms with van der Waals surface area (Å²) in [4.78, 5) is 12.4. The minimum Gasteiger partial charge on any atom is -0.338 e. The number of aryl methyl sites for hydroxylation is 2. The molecule has 0 unspecified atom stereocenters. The van der Waals surface area contributed by atoms with Crippen LogP contribution in [0, 0.1) is 13.8 Å². The molecule has 19 heavy (non-hydrogen) atoms. The zero-order valence-corrected chi connectivity index (χ0v) is 12.0. The summed E-state index contributed by atoms with van der Waals surface area (Å²) in [7, 11) is 0. The van der Waals surface area contributed by atoms with Gasteiger partial charge in [-0.05, 0) is 26.8 Å². The largest absolute Gasteiger partial charge is 0.338 e. The average molecular weight is 278 g/mol. The number of aromatic nitrogens is 4. The van der Waals surface area contributed by atoms with Crippen molar-refractivity contribution in [3.63, 3.8) is 0 Å². The molecular formula is C12H18N6S. The van der Waals surface area contributed by atoms with Gasteiger partial charge in [-0.1, -0.05) is 0 Å². The van der Waals surface area contributed by atoms with E-state index in [1.165, 1.54) is 0 Å². The van der Waals surface area contributed by atoms with E-state index >= 15 is 0 Å². The molecule has 1 aliphatic rings. The van der Waals surface area contributed by atoms with Gasteiger partial charge in [0.25, 0.3) is 0 Å². The van der Waals surface area contributed by atoms with E-state index in [4.69, 9.17) is 0 Å². The number of thiazole rings is 1. The molecule has 2 aromatic rings. The van der Waals surface area contributed by atoms with Crippen molar-refractivity contribution >= 4 is 17.3 Å². The quantitative estimate of drug-likeness (QED) is 0.867. The zero-order valence-electron chi connectivity index (χ0n) is 11.2. The highest BCUT2D eigenvalue weighted by atomic mass is 32.1. The Morgan fingerprint density at radius 1 is 1.16 bits per heavy atom. The van der Waals surface area contributed by atoms with Gasteiger partial charge in [-0.25, -0.2) is 4.98 Å². The fraction of sp³-hybridized carbons (Fsp3) is 0.583. The summed E-state index contributed by atoms with van der Waals surface area (Å²) < 4.78 is 0. The van der Waals surface area contributed by atoms with Gasteiger partial charge in [-0.3, -0.25) is 5.10 Å². The van der Waals surface area contributed by atoms with Crippen molar-refractivity contribution in [1.29, 1.82) is 0 Å². The van der Waals surface area contributed by atoms with E-state index in [1.54, 1.807) is 11.3 Å². The van der Waals surface area contributed by atoms with Crippen LogP contribution < -0.4 is 10.2 Å². The number of nitrogens with zero attached hydrogens (tertiary/aromatic N) is 4. The Morgan fingerprint density at radius 2 is 2.05 bits per heavy atom. The van der Waals surface area contributed by atoms with Gasteiger partial charge in [0.1, 0.15) is 0 Å². The van der Waals surface area contributed by atoms with Crippen molar-refractivity contribution < 1.29 is 0 Å². The van der Waals surface area contributed by atoms with Gasteiger partial charge in [0.05, 0.1) is 15.6 Å². The number of aromatic amines is 1. The maximum absolute atomic E-state index is 4.62. The predicted molar refractivity (Wildman–Crippen MR) is 76.7 cm³/mol. The Labute approximate surface area is 116 Å². The summed E-state index contributed by atoms with van der Waals surface area (Å²) in [5, 5.41) is 11.8. The van der Waals surface area contributed by atoms with E-state index in [-0.39, 0.29) is 0 Å². The number of hydrogen-bond donors (Lipinski definition) is 2. The first-order valence-corrected chi connectivity index (χ1v) is 7.38. The normalized spacial score (nSPS) is 16.6. The second-order valence-corrected chi connectivity index (χ2v) is 5.93. The first-order chi connectivity index (χ1) is 9.24. The minimum absolute atomic E-state index is 0.796. The van der Waals surface area contributed by atoms with Gasteiger partial charge in [-0.2, -0.15) is 4.98 Å². The highest BCUT2D eigenvalue weighted by Gasteiger charge is 2.17. The van der Waals surface area contributed by atoms with Crippen LogP contribution >= 0.6 is 11.3 Å². The van der Waals surface area contributed by atoms with Crippen LogP contribution in [0.4, 0.5) is 5.95 Å². The molecule has 0 saturated carbocycles. The van der Waals surface area contributed by atoms with Crippen LogP contribution in [0.2, 0.25) is 0 Å². The monoisotopic (exact) mass is 278 g/mol. The number of hydrogen-bond acceptors (Lipinski definition) is 6. The Bertz CT molecular complexity index is 552. The summed E-state index contributed by atoms with van der Waals surface area (Å²) in [6.45, 7) is 8.04. The van der Waals surface area contributed by atoms with Crippen LogP contribution in [0.3, 0.4) is 0 Å². The Kier molecular flexibility index (Phi) is 3.48. The third-order valence-corrected chi connectivity index (χ3v) is 4.29. The van der Waals surface area contributed by atoms with Gasteiger partial charge in [0.15, 0.2) is 5.82 Å². The molecule has 0 atom stereocenters. The standard InChI is InChI=1S/C12H18N6S/c1-8-10(19-9(2)14-8)11-15-12(17-16-11)18-6-3-4-13-5-7-18/h13H,3-7H2,1-2H3,(H,15,16,17). The summed E-state index contributed by atoms with van der Waals surface area (Å²) in [5.41, 5.74) is 1.02. The number of anilines is 1. The second-order valence-electron chi connectivity index (χ2n) is 4.72. The van der Waals surface area contributed by atoms with Crippen molar-refractivity contribution in [2.24, 2.45) is 0 Å². The van der Waals surface area contributed by atoms with Crippen LogP contribution in [-0.4, -0.2) is 46.3 Å². The first kappa shape index (κ1) is 12.6. The fourth-order valence-electron chi connectivity index (χ4n) is 2.29. The molecule has 1 saturated heterocycles. The maximum atomic E-state index is 4.62. The lowest BCUT2D eigenvalue weighted by molar-refractivity contribution is 0.724. The molecule has 0 spiro atoms. The number of rotatable bonds is 2. The molecule has 3 heterocycles. The third kappa shape index (κ3) is 2.62. The second kappa shape index (κ2) is 5.26. The average Bonchev–Trinajstić information content (AvgIpc) is 2.88. The predicted octanol–water partition coefficient (Wildman–Crippen LogP) is 1.34. The molecule has 0 aromatic carbocycles. The molecule has 7 heteroatoms. The molecule has 2 aromatic heterocycles. The summed E-state index contributed by atoms with van der Waals surface area (Å²) in [6.07, 6.45) is 1.13. The van der Waals surface area contributed by atoms with Crippen LogP contribution in [0.5, 0.6) is 0 Å². The molecule has 3 rings (SSSR count). The van der Waals surface area contributed by atoms with Crippen LogP contribution in [0.1, 0.15) is 17.1 Å². The lowest BCUT2D eigenvalue weighted by Crippen LogP contribution is -2.28. The van der Waals surface area contributed by atoms with E-state index in [0.29, 0.717) is 0 Å². The van der Waals surface area contributed by atoms with E-state index < -0.39 is 0 Å². The molecule has 2 N–H and O–H groups in total. The van der Waals surface area contributed by atoms with Crippen LogP contribution in [-0.2, 0) is 0 Å². The van der Waals surface area contributed by atoms with Crippen molar-refractivity contribution in [2.75, 3.05) is 31.1 Å². The fourth-order valence-corrected chi connectivity index (χ4v) is 3.15. The van der Waals surface area contributed by atoms with Gasteiger partial charge < -0.3 is 10.2 Å². The molecule has 1 fully saturated rings. The van der Waals surface area contributed by atoms with Crippen LogP contribution in [0.15, 0.2) is 0 Å².